The van der Waals surface area contributed by atoms with Crippen molar-refractivity contribution < 1.29 is 17.9 Å². The highest BCUT2D eigenvalue weighted by Gasteiger charge is 2.37. The Hall–Kier alpha value is 0.0400. The minimum atomic E-state index is -4.23. The van der Waals surface area contributed by atoms with E-state index >= 15 is 0 Å². The molecule has 1 saturated carbocycles. The van der Waals surface area contributed by atoms with Crippen LogP contribution in [0.15, 0.2) is 0 Å². The summed E-state index contributed by atoms with van der Waals surface area (Å²) in [5.74, 6) is 1.13. The van der Waals surface area contributed by atoms with Crippen molar-refractivity contribution in [2.24, 2.45) is 17.3 Å². The lowest BCUT2D eigenvalue weighted by atomic mass is 9.67. The second kappa shape index (κ2) is 7.35. The third-order valence-electron chi connectivity index (χ3n) is 4.41. The molecule has 0 heterocycles. The second-order valence-corrected chi connectivity index (χ2v) is 7.36. The van der Waals surface area contributed by atoms with Gasteiger partial charge in [0.25, 0.3) is 0 Å². The van der Waals surface area contributed by atoms with Crippen LogP contribution in [0.4, 0.5) is 13.2 Å². The minimum Gasteiger partial charge on any atom is -0.372 e. The zero-order chi connectivity index (χ0) is 15.4. The molecule has 0 aromatic rings. The number of hydrogen-bond donors (Lipinski definition) is 0. The van der Waals surface area contributed by atoms with E-state index in [1.165, 1.54) is 6.42 Å². The molecule has 1 fully saturated rings. The molecular weight excluding hydrogens is 289 g/mol. The molecule has 1 aliphatic carbocycles. The summed E-state index contributed by atoms with van der Waals surface area (Å²) in [5.41, 5.74) is 0.0636. The van der Waals surface area contributed by atoms with Crippen LogP contribution in [0.1, 0.15) is 52.9 Å². The van der Waals surface area contributed by atoms with Crippen molar-refractivity contribution in [2.45, 2.75) is 64.4 Å². The normalized spacial score (nSPS) is 28.6. The summed E-state index contributed by atoms with van der Waals surface area (Å²) in [6.45, 7) is 5.59. The summed E-state index contributed by atoms with van der Waals surface area (Å²) < 4.78 is 40.5. The van der Waals surface area contributed by atoms with E-state index in [2.05, 4.69) is 25.5 Å². The third kappa shape index (κ3) is 6.21. The van der Waals surface area contributed by atoms with Crippen molar-refractivity contribution >= 4 is 11.6 Å². The Bertz CT molecular complexity index is 291. The lowest BCUT2D eigenvalue weighted by Gasteiger charge is -2.42. The molecule has 5 heteroatoms. The third-order valence-corrected chi connectivity index (χ3v) is 4.90. The molecule has 0 aromatic carbocycles. The van der Waals surface area contributed by atoms with Crippen LogP contribution in [0.25, 0.3) is 0 Å². The Morgan fingerprint density at radius 3 is 2.40 bits per heavy atom. The van der Waals surface area contributed by atoms with Gasteiger partial charge in [-0.1, -0.05) is 27.2 Å². The molecule has 1 nitrogen and oxygen atoms in total. The van der Waals surface area contributed by atoms with Crippen molar-refractivity contribution in [3.8, 4) is 0 Å². The Labute approximate surface area is 125 Å². The molecule has 3 atom stereocenters. The minimum absolute atomic E-state index is 0.0636. The predicted octanol–water partition coefficient (Wildman–Crippen LogP) is 5.42. The topological polar surface area (TPSA) is 9.23 Å². The Balaban J connectivity index is 2.30. The van der Waals surface area contributed by atoms with E-state index in [4.69, 9.17) is 11.6 Å². The Morgan fingerprint density at radius 2 is 1.85 bits per heavy atom. The van der Waals surface area contributed by atoms with Crippen LogP contribution in [-0.4, -0.2) is 24.8 Å². The highest BCUT2D eigenvalue weighted by atomic mass is 35.5. The Morgan fingerprint density at radius 1 is 1.20 bits per heavy atom. The molecule has 0 saturated heterocycles. The molecule has 0 bridgehead atoms. The summed E-state index contributed by atoms with van der Waals surface area (Å²) >= 11 is 6.48. The first kappa shape index (κ1) is 18.1. The highest BCUT2D eigenvalue weighted by Crippen LogP contribution is 2.45. The first-order valence-corrected chi connectivity index (χ1v) is 7.84. The molecule has 3 unspecified atom stereocenters. The molecule has 0 aliphatic heterocycles. The fraction of sp³-hybridized carbons (Fsp3) is 1.00. The van der Waals surface area contributed by atoms with Gasteiger partial charge in [0, 0.05) is 12.0 Å². The van der Waals surface area contributed by atoms with Crippen molar-refractivity contribution in [1.29, 1.82) is 0 Å². The van der Waals surface area contributed by atoms with E-state index < -0.39 is 12.8 Å². The molecule has 0 N–H and O–H groups in total. The fourth-order valence-corrected chi connectivity index (χ4v) is 3.97. The molecule has 120 valence electrons. The van der Waals surface area contributed by atoms with Gasteiger partial charge in [-0.15, -0.1) is 11.6 Å². The number of ether oxygens (including phenoxy) is 1. The van der Waals surface area contributed by atoms with Crippen LogP contribution in [0.5, 0.6) is 0 Å². The standard InChI is InChI=1S/C15H26ClF3O/c1-11-5-6-12(13(16)9-11)14(2,3)7-4-8-20-10-15(17,18)19/h11-13H,4-10H2,1-3H3. The van der Waals surface area contributed by atoms with Gasteiger partial charge in [-0.05, 0) is 42.9 Å². The van der Waals surface area contributed by atoms with Gasteiger partial charge in [0.15, 0.2) is 0 Å². The lowest BCUT2D eigenvalue weighted by Crippen LogP contribution is -2.36. The SMILES string of the molecule is CC1CCC(C(C)(C)CCCOCC(F)(F)F)C(Cl)C1. The summed E-state index contributed by atoms with van der Waals surface area (Å²) in [4.78, 5) is 0. The molecule has 1 aliphatic rings. The van der Waals surface area contributed by atoms with Crippen LogP contribution < -0.4 is 0 Å². The molecule has 0 radical (unpaired) electrons. The van der Waals surface area contributed by atoms with Crippen LogP contribution in [0.3, 0.4) is 0 Å². The van der Waals surface area contributed by atoms with Gasteiger partial charge in [0.1, 0.15) is 6.61 Å². The molecular formula is C15H26ClF3O. The van der Waals surface area contributed by atoms with Gasteiger partial charge in [-0.2, -0.15) is 13.2 Å². The monoisotopic (exact) mass is 314 g/mol. The quantitative estimate of drug-likeness (QED) is 0.470. The maximum Gasteiger partial charge on any atom is 0.411 e. The van der Waals surface area contributed by atoms with Crippen molar-refractivity contribution in [3.05, 3.63) is 0 Å². The first-order valence-electron chi connectivity index (χ1n) is 7.40. The highest BCUT2D eigenvalue weighted by molar-refractivity contribution is 6.20. The largest absolute Gasteiger partial charge is 0.411 e. The summed E-state index contributed by atoms with van der Waals surface area (Å²) in [6.07, 6.45) is 0.635. The molecule has 0 spiro atoms. The van der Waals surface area contributed by atoms with E-state index in [0.717, 1.165) is 19.3 Å². The first-order chi connectivity index (χ1) is 9.12. The van der Waals surface area contributed by atoms with E-state index in [1.807, 2.05) is 0 Å². The molecule has 1 rings (SSSR count). The smallest absolute Gasteiger partial charge is 0.372 e. The van der Waals surface area contributed by atoms with Gasteiger partial charge in [-0.3, -0.25) is 0 Å². The molecule has 0 amide bonds. The zero-order valence-electron chi connectivity index (χ0n) is 12.6. The van der Waals surface area contributed by atoms with E-state index in [-0.39, 0.29) is 17.4 Å². The molecule has 0 aromatic heterocycles. The number of hydrogen-bond acceptors (Lipinski definition) is 1. The average molecular weight is 315 g/mol. The van der Waals surface area contributed by atoms with Crippen LogP contribution in [-0.2, 0) is 4.74 Å². The van der Waals surface area contributed by atoms with E-state index in [1.54, 1.807) is 0 Å². The van der Waals surface area contributed by atoms with Crippen LogP contribution in [0.2, 0.25) is 0 Å². The van der Waals surface area contributed by atoms with Crippen LogP contribution >= 0.6 is 11.6 Å². The lowest BCUT2D eigenvalue weighted by molar-refractivity contribution is -0.174. The number of alkyl halides is 4. The number of halogens is 4. The predicted molar refractivity (Wildman–Crippen MR) is 76.0 cm³/mol. The number of rotatable bonds is 6. The van der Waals surface area contributed by atoms with Gasteiger partial charge in [-0.25, -0.2) is 0 Å². The van der Waals surface area contributed by atoms with Gasteiger partial charge in [0.05, 0.1) is 0 Å². The summed E-state index contributed by atoms with van der Waals surface area (Å²) in [5, 5.41) is 0.185. The van der Waals surface area contributed by atoms with Crippen molar-refractivity contribution in [3.63, 3.8) is 0 Å². The zero-order valence-corrected chi connectivity index (χ0v) is 13.4. The van der Waals surface area contributed by atoms with Crippen LogP contribution in [0, 0.1) is 17.3 Å². The Kier molecular flexibility index (Phi) is 6.65. The maximum atomic E-state index is 12.0. The summed E-state index contributed by atoms with van der Waals surface area (Å²) in [7, 11) is 0. The van der Waals surface area contributed by atoms with Crippen molar-refractivity contribution in [1.82, 2.24) is 0 Å². The molecule has 20 heavy (non-hydrogen) atoms. The van der Waals surface area contributed by atoms with Gasteiger partial charge in [0.2, 0.25) is 0 Å². The average Bonchev–Trinajstić information content (AvgIpc) is 2.26. The maximum absolute atomic E-state index is 12.0. The van der Waals surface area contributed by atoms with Gasteiger partial charge < -0.3 is 4.74 Å². The second-order valence-electron chi connectivity index (χ2n) is 6.80. The van der Waals surface area contributed by atoms with Gasteiger partial charge >= 0.3 is 6.18 Å². The summed E-state index contributed by atoms with van der Waals surface area (Å²) in [6, 6.07) is 0. The fourth-order valence-electron chi connectivity index (χ4n) is 3.19. The van der Waals surface area contributed by atoms with Crippen molar-refractivity contribution in [2.75, 3.05) is 13.2 Å². The van der Waals surface area contributed by atoms with E-state index in [9.17, 15) is 13.2 Å². The van der Waals surface area contributed by atoms with E-state index in [0.29, 0.717) is 18.3 Å².